The van der Waals surface area contributed by atoms with Crippen molar-refractivity contribution >= 4 is 5.69 Å². The molecule has 0 aliphatic carbocycles. The molecule has 0 fully saturated rings. The fourth-order valence-corrected chi connectivity index (χ4v) is 1.25. The molecule has 2 heteroatoms. The van der Waals surface area contributed by atoms with Gasteiger partial charge < -0.3 is 4.90 Å². The lowest BCUT2D eigenvalue weighted by Gasteiger charge is -2.25. The Bertz CT molecular complexity index is 363. The van der Waals surface area contributed by atoms with Crippen molar-refractivity contribution in [2.75, 3.05) is 11.9 Å². The van der Waals surface area contributed by atoms with Crippen molar-refractivity contribution in [1.82, 2.24) is 0 Å². The van der Waals surface area contributed by atoms with Gasteiger partial charge in [-0.3, -0.25) is 0 Å². The predicted octanol–water partition coefficient (Wildman–Crippen LogP) is 2.57. The molecule has 0 spiro atoms. The Morgan fingerprint density at radius 2 is 2.14 bits per heavy atom. The summed E-state index contributed by atoms with van der Waals surface area (Å²) in [5.41, 5.74) is 1.64. The molecular formula is C12H14N2. The average molecular weight is 186 g/mol. The second kappa shape index (κ2) is 4.48. The molecule has 0 heterocycles. The first kappa shape index (κ1) is 10.3. The average Bonchev–Trinajstić information content (AvgIpc) is 2.26. The summed E-state index contributed by atoms with van der Waals surface area (Å²) in [4.78, 5) is 2.03. The number of para-hydroxylation sites is 1. The summed E-state index contributed by atoms with van der Waals surface area (Å²) in [6.07, 6.45) is 1.86. The van der Waals surface area contributed by atoms with E-state index in [2.05, 4.69) is 12.6 Å². The molecule has 1 aromatic rings. The van der Waals surface area contributed by atoms with Gasteiger partial charge in [-0.1, -0.05) is 18.2 Å². The van der Waals surface area contributed by atoms with Gasteiger partial charge in [0.2, 0.25) is 0 Å². The van der Waals surface area contributed by atoms with Crippen LogP contribution in [-0.4, -0.2) is 13.1 Å². The van der Waals surface area contributed by atoms with E-state index in [4.69, 9.17) is 5.26 Å². The molecule has 2 nitrogen and oxygen atoms in total. The van der Waals surface area contributed by atoms with Crippen molar-refractivity contribution in [2.45, 2.75) is 13.0 Å². The highest BCUT2D eigenvalue weighted by Gasteiger charge is 2.09. The number of benzene rings is 1. The third kappa shape index (κ3) is 1.94. The van der Waals surface area contributed by atoms with Gasteiger partial charge in [-0.05, 0) is 19.1 Å². The zero-order valence-electron chi connectivity index (χ0n) is 8.57. The molecule has 0 bridgehead atoms. The SMILES string of the molecule is C=CC(C)N(C)c1ccccc1C#N. The highest BCUT2D eigenvalue weighted by molar-refractivity contribution is 5.59. The number of nitriles is 1. The Morgan fingerprint density at radius 1 is 1.50 bits per heavy atom. The molecule has 1 unspecified atom stereocenters. The Labute approximate surface area is 85.1 Å². The van der Waals surface area contributed by atoms with E-state index in [-0.39, 0.29) is 6.04 Å². The van der Waals surface area contributed by atoms with Crippen LogP contribution in [0.5, 0.6) is 0 Å². The van der Waals surface area contributed by atoms with E-state index in [0.717, 1.165) is 5.69 Å². The first-order valence-corrected chi connectivity index (χ1v) is 4.55. The molecule has 0 aliphatic rings. The fourth-order valence-electron chi connectivity index (χ4n) is 1.25. The second-order valence-electron chi connectivity index (χ2n) is 3.22. The maximum Gasteiger partial charge on any atom is 0.101 e. The molecule has 14 heavy (non-hydrogen) atoms. The first-order valence-electron chi connectivity index (χ1n) is 4.55. The third-order valence-corrected chi connectivity index (χ3v) is 2.36. The zero-order valence-corrected chi connectivity index (χ0v) is 8.57. The fraction of sp³-hybridized carbons (Fsp3) is 0.250. The molecule has 1 atom stereocenters. The van der Waals surface area contributed by atoms with Gasteiger partial charge in [0.25, 0.3) is 0 Å². The second-order valence-corrected chi connectivity index (χ2v) is 3.22. The highest BCUT2D eigenvalue weighted by Crippen LogP contribution is 2.20. The van der Waals surface area contributed by atoms with E-state index in [9.17, 15) is 0 Å². The van der Waals surface area contributed by atoms with Crippen LogP contribution < -0.4 is 4.90 Å². The molecule has 1 aromatic carbocycles. The van der Waals surface area contributed by atoms with E-state index < -0.39 is 0 Å². The standard InChI is InChI=1S/C12H14N2/c1-4-10(2)14(3)12-8-6-5-7-11(12)9-13/h4-8,10H,1H2,2-3H3. The number of hydrogen-bond acceptors (Lipinski definition) is 2. The summed E-state index contributed by atoms with van der Waals surface area (Å²) in [6, 6.07) is 9.97. The van der Waals surface area contributed by atoms with Crippen LogP contribution in [0.25, 0.3) is 0 Å². The summed E-state index contributed by atoms with van der Waals surface area (Å²) in [6.45, 7) is 5.78. The number of anilines is 1. The molecule has 0 amide bonds. The molecular weight excluding hydrogens is 172 g/mol. The molecule has 1 rings (SSSR count). The summed E-state index contributed by atoms with van der Waals surface area (Å²) >= 11 is 0. The van der Waals surface area contributed by atoms with Crippen LogP contribution in [0.1, 0.15) is 12.5 Å². The Morgan fingerprint density at radius 3 is 2.71 bits per heavy atom. The van der Waals surface area contributed by atoms with E-state index in [0.29, 0.717) is 5.56 Å². The Balaban J connectivity index is 3.06. The maximum absolute atomic E-state index is 8.92. The minimum absolute atomic E-state index is 0.226. The molecule has 72 valence electrons. The Hall–Kier alpha value is -1.75. The lowest BCUT2D eigenvalue weighted by Crippen LogP contribution is -2.27. The summed E-state index contributed by atoms with van der Waals surface area (Å²) in [7, 11) is 1.96. The van der Waals surface area contributed by atoms with E-state index in [1.807, 2.05) is 49.2 Å². The van der Waals surface area contributed by atoms with Crippen molar-refractivity contribution < 1.29 is 0 Å². The van der Waals surface area contributed by atoms with E-state index in [1.165, 1.54) is 0 Å². The van der Waals surface area contributed by atoms with Crippen LogP contribution >= 0.6 is 0 Å². The van der Waals surface area contributed by atoms with Crippen molar-refractivity contribution in [1.29, 1.82) is 5.26 Å². The summed E-state index contributed by atoms with van der Waals surface area (Å²) in [5, 5.41) is 8.92. The Kier molecular flexibility index (Phi) is 3.30. The van der Waals surface area contributed by atoms with Crippen LogP contribution in [0.4, 0.5) is 5.69 Å². The van der Waals surface area contributed by atoms with Crippen LogP contribution in [0.15, 0.2) is 36.9 Å². The van der Waals surface area contributed by atoms with Crippen LogP contribution in [-0.2, 0) is 0 Å². The predicted molar refractivity (Wildman–Crippen MR) is 59.2 cm³/mol. The van der Waals surface area contributed by atoms with Crippen LogP contribution in [0.2, 0.25) is 0 Å². The van der Waals surface area contributed by atoms with Gasteiger partial charge in [0.05, 0.1) is 11.3 Å². The van der Waals surface area contributed by atoms with Crippen molar-refractivity contribution in [3.63, 3.8) is 0 Å². The lowest BCUT2D eigenvalue weighted by molar-refractivity contribution is 0.824. The minimum atomic E-state index is 0.226. The van der Waals surface area contributed by atoms with Crippen LogP contribution in [0.3, 0.4) is 0 Å². The van der Waals surface area contributed by atoms with Gasteiger partial charge in [-0.15, -0.1) is 6.58 Å². The molecule has 0 N–H and O–H groups in total. The van der Waals surface area contributed by atoms with Crippen LogP contribution in [0, 0.1) is 11.3 Å². The molecule has 0 aromatic heterocycles. The highest BCUT2D eigenvalue weighted by atomic mass is 15.1. The number of hydrogen-bond donors (Lipinski definition) is 0. The van der Waals surface area contributed by atoms with Crippen molar-refractivity contribution in [3.05, 3.63) is 42.5 Å². The molecule has 0 saturated heterocycles. The van der Waals surface area contributed by atoms with Gasteiger partial charge in [0.15, 0.2) is 0 Å². The summed E-state index contributed by atoms with van der Waals surface area (Å²) < 4.78 is 0. The normalized spacial score (nSPS) is 11.5. The molecule has 0 radical (unpaired) electrons. The third-order valence-electron chi connectivity index (χ3n) is 2.36. The topological polar surface area (TPSA) is 27.0 Å². The summed E-state index contributed by atoms with van der Waals surface area (Å²) in [5.74, 6) is 0. The van der Waals surface area contributed by atoms with Gasteiger partial charge in [0, 0.05) is 13.1 Å². The number of rotatable bonds is 3. The minimum Gasteiger partial charge on any atom is -0.367 e. The quantitative estimate of drug-likeness (QED) is 0.678. The largest absolute Gasteiger partial charge is 0.367 e. The van der Waals surface area contributed by atoms with Gasteiger partial charge in [-0.25, -0.2) is 0 Å². The molecule has 0 saturated carbocycles. The zero-order chi connectivity index (χ0) is 10.6. The molecule has 0 aliphatic heterocycles. The van der Waals surface area contributed by atoms with Crippen molar-refractivity contribution in [3.8, 4) is 6.07 Å². The smallest absolute Gasteiger partial charge is 0.101 e. The first-order chi connectivity index (χ1) is 6.70. The van der Waals surface area contributed by atoms with Crippen molar-refractivity contribution in [2.24, 2.45) is 0 Å². The van der Waals surface area contributed by atoms with Gasteiger partial charge in [-0.2, -0.15) is 5.26 Å². The maximum atomic E-state index is 8.92. The van der Waals surface area contributed by atoms with E-state index >= 15 is 0 Å². The van der Waals surface area contributed by atoms with Gasteiger partial charge >= 0.3 is 0 Å². The number of likely N-dealkylation sites (N-methyl/N-ethyl adjacent to an activating group) is 1. The van der Waals surface area contributed by atoms with Gasteiger partial charge in [0.1, 0.15) is 6.07 Å². The lowest BCUT2D eigenvalue weighted by atomic mass is 10.1. The van der Waals surface area contributed by atoms with E-state index in [1.54, 1.807) is 0 Å². The monoisotopic (exact) mass is 186 g/mol. The number of nitrogens with zero attached hydrogens (tertiary/aromatic N) is 2.